The van der Waals surface area contributed by atoms with E-state index in [1.807, 2.05) is 17.0 Å². The van der Waals surface area contributed by atoms with Crippen LogP contribution in [0, 0.1) is 5.92 Å². The van der Waals surface area contributed by atoms with Crippen LogP contribution in [0.4, 0.5) is 5.69 Å². The molecule has 0 aromatic heterocycles. The maximum Gasteiger partial charge on any atom is 0.253 e. The van der Waals surface area contributed by atoms with Crippen LogP contribution in [0.15, 0.2) is 24.3 Å². The SMILES string of the molecule is NCCCCC1CCN(C(=O)c2cccc(N)c2)CC1. The van der Waals surface area contributed by atoms with E-state index in [0.29, 0.717) is 11.3 Å². The quantitative estimate of drug-likeness (QED) is 0.639. The van der Waals surface area contributed by atoms with Gasteiger partial charge in [0.15, 0.2) is 0 Å². The normalized spacial score (nSPS) is 16.4. The highest BCUT2D eigenvalue weighted by Gasteiger charge is 2.23. The molecule has 4 N–H and O–H groups in total. The molecule has 1 aromatic carbocycles. The van der Waals surface area contributed by atoms with Crippen molar-refractivity contribution in [3.05, 3.63) is 29.8 Å². The number of anilines is 1. The number of nitrogen functional groups attached to an aromatic ring is 1. The molecule has 1 saturated heterocycles. The van der Waals surface area contributed by atoms with Crippen molar-refractivity contribution >= 4 is 11.6 Å². The third kappa shape index (κ3) is 3.97. The molecule has 1 aromatic rings. The number of hydrogen-bond donors (Lipinski definition) is 2. The topological polar surface area (TPSA) is 72.3 Å². The van der Waals surface area contributed by atoms with Crippen LogP contribution in [-0.2, 0) is 0 Å². The number of rotatable bonds is 5. The number of nitrogens with zero attached hydrogens (tertiary/aromatic N) is 1. The highest BCUT2D eigenvalue weighted by Crippen LogP contribution is 2.23. The predicted molar refractivity (Wildman–Crippen MR) is 82.4 cm³/mol. The lowest BCUT2D eigenvalue weighted by atomic mass is 9.91. The van der Waals surface area contributed by atoms with Crippen molar-refractivity contribution < 1.29 is 4.79 Å². The fourth-order valence-electron chi connectivity index (χ4n) is 2.86. The van der Waals surface area contributed by atoms with Crippen molar-refractivity contribution in [1.29, 1.82) is 0 Å². The zero-order valence-corrected chi connectivity index (χ0v) is 12.1. The summed E-state index contributed by atoms with van der Waals surface area (Å²) in [6.45, 7) is 2.51. The summed E-state index contributed by atoms with van der Waals surface area (Å²) in [4.78, 5) is 14.3. The molecule has 2 rings (SSSR count). The zero-order valence-electron chi connectivity index (χ0n) is 12.1. The maximum absolute atomic E-state index is 12.4. The molecule has 0 spiro atoms. The lowest BCUT2D eigenvalue weighted by molar-refractivity contribution is 0.0686. The monoisotopic (exact) mass is 275 g/mol. The molecule has 1 aliphatic rings. The molecule has 20 heavy (non-hydrogen) atoms. The molecule has 1 amide bonds. The van der Waals surface area contributed by atoms with E-state index >= 15 is 0 Å². The van der Waals surface area contributed by atoms with Gasteiger partial charge < -0.3 is 16.4 Å². The molecular formula is C16H25N3O. The predicted octanol–water partition coefficient (Wildman–Crippen LogP) is 2.25. The van der Waals surface area contributed by atoms with Crippen molar-refractivity contribution in [3.63, 3.8) is 0 Å². The number of carbonyl (C=O) groups is 1. The Kier molecular flexibility index (Phi) is 5.41. The van der Waals surface area contributed by atoms with Crippen molar-refractivity contribution in [3.8, 4) is 0 Å². The van der Waals surface area contributed by atoms with Gasteiger partial charge in [-0.05, 0) is 49.9 Å². The van der Waals surface area contributed by atoms with Crippen molar-refractivity contribution in [2.45, 2.75) is 32.1 Å². The highest BCUT2D eigenvalue weighted by molar-refractivity contribution is 5.95. The van der Waals surface area contributed by atoms with Gasteiger partial charge in [-0.3, -0.25) is 4.79 Å². The highest BCUT2D eigenvalue weighted by atomic mass is 16.2. The van der Waals surface area contributed by atoms with E-state index in [1.165, 1.54) is 12.8 Å². The van der Waals surface area contributed by atoms with Crippen LogP contribution in [0.2, 0.25) is 0 Å². The van der Waals surface area contributed by atoms with E-state index in [2.05, 4.69) is 0 Å². The van der Waals surface area contributed by atoms with E-state index in [1.54, 1.807) is 12.1 Å². The minimum atomic E-state index is 0.109. The summed E-state index contributed by atoms with van der Waals surface area (Å²) in [5.74, 6) is 0.865. The van der Waals surface area contributed by atoms with Crippen LogP contribution in [0.25, 0.3) is 0 Å². The summed E-state index contributed by atoms with van der Waals surface area (Å²) in [7, 11) is 0. The first-order valence-electron chi connectivity index (χ1n) is 7.55. The lowest BCUT2D eigenvalue weighted by Crippen LogP contribution is -2.38. The van der Waals surface area contributed by atoms with Crippen molar-refractivity contribution in [2.75, 3.05) is 25.4 Å². The van der Waals surface area contributed by atoms with Gasteiger partial charge in [-0.2, -0.15) is 0 Å². The number of amides is 1. The average molecular weight is 275 g/mol. The molecule has 0 bridgehead atoms. The summed E-state index contributed by atoms with van der Waals surface area (Å²) in [6.07, 6.45) is 5.79. The largest absolute Gasteiger partial charge is 0.399 e. The molecule has 1 heterocycles. The Morgan fingerprint density at radius 2 is 2.00 bits per heavy atom. The molecule has 0 radical (unpaired) electrons. The Balaban J connectivity index is 1.83. The van der Waals surface area contributed by atoms with Crippen LogP contribution in [0.3, 0.4) is 0 Å². The van der Waals surface area contributed by atoms with Gasteiger partial charge in [-0.25, -0.2) is 0 Å². The first-order valence-corrected chi connectivity index (χ1v) is 7.55. The van der Waals surface area contributed by atoms with Gasteiger partial charge in [-0.1, -0.05) is 18.9 Å². The summed E-state index contributed by atoms with van der Waals surface area (Å²) in [5.41, 5.74) is 12.6. The van der Waals surface area contributed by atoms with Gasteiger partial charge in [-0.15, -0.1) is 0 Å². The Morgan fingerprint density at radius 3 is 2.65 bits per heavy atom. The van der Waals surface area contributed by atoms with Crippen LogP contribution in [0.5, 0.6) is 0 Å². The molecule has 4 nitrogen and oxygen atoms in total. The first-order chi connectivity index (χ1) is 9.70. The Bertz CT molecular complexity index is 439. The minimum absolute atomic E-state index is 0.109. The van der Waals surface area contributed by atoms with Crippen molar-refractivity contribution in [1.82, 2.24) is 4.90 Å². The second-order valence-corrected chi connectivity index (χ2v) is 5.65. The first kappa shape index (κ1) is 14.9. The summed E-state index contributed by atoms with van der Waals surface area (Å²) >= 11 is 0. The van der Waals surface area contributed by atoms with Crippen LogP contribution >= 0.6 is 0 Å². The Morgan fingerprint density at radius 1 is 1.25 bits per heavy atom. The average Bonchev–Trinajstić information content (AvgIpc) is 2.47. The van der Waals surface area contributed by atoms with Gasteiger partial charge in [0.05, 0.1) is 0 Å². The van der Waals surface area contributed by atoms with Crippen molar-refractivity contribution in [2.24, 2.45) is 11.7 Å². The van der Waals surface area contributed by atoms with Crippen LogP contribution < -0.4 is 11.5 Å². The number of unbranched alkanes of at least 4 members (excludes halogenated alkanes) is 1. The van der Waals surface area contributed by atoms with Crippen LogP contribution in [-0.4, -0.2) is 30.4 Å². The molecule has 0 atom stereocenters. The van der Waals surface area contributed by atoms with Gasteiger partial charge in [0.25, 0.3) is 5.91 Å². The lowest BCUT2D eigenvalue weighted by Gasteiger charge is -2.32. The molecule has 0 unspecified atom stereocenters. The Hall–Kier alpha value is -1.55. The van der Waals surface area contributed by atoms with Gasteiger partial charge >= 0.3 is 0 Å². The van der Waals surface area contributed by atoms with Crippen LogP contribution in [0.1, 0.15) is 42.5 Å². The summed E-state index contributed by atoms with van der Waals surface area (Å²) in [5, 5.41) is 0. The maximum atomic E-state index is 12.4. The molecule has 1 aliphatic heterocycles. The van der Waals surface area contributed by atoms with E-state index < -0.39 is 0 Å². The molecule has 4 heteroatoms. The number of hydrogen-bond acceptors (Lipinski definition) is 3. The van der Waals surface area contributed by atoms with Gasteiger partial charge in [0, 0.05) is 24.3 Å². The number of likely N-dealkylation sites (tertiary alicyclic amines) is 1. The number of benzene rings is 1. The Labute approximate surface area is 121 Å². The molecular weight excluding hydrogens is 250 g/mol. The van der Waals surface area contributed by atoms with E-state index in [4.69, 9.17) is 11.5 Å². The molecule has 0 saturated carbocycles. The summed E-state index contributed by atoms with van der Waals surface area (Å²) in [6, 6.07) is 7.24. The number of nitrogens with two attached hydrogens (primary N) is 2. The zero-order chi connectivity index (χ0) is 14.4. The number of carbonyl (C=O) groups excluding carboxylic acids is 1. The second-order valence-electron chi connectivity index (χ2n) is 5.65. The van der Waals surface area contributed by atoms with Gasteiger partial charge in [0.2, 0.25) is 0 Å². The fraction of sp³-hybridized carbons (Fsp3) is 0.562. The van der Waals surface area contributed by atoms with E-state index in [0.717, 1.165) is 44.8 Å². The number of piperidine rings is 1. The molecule has 0 aliphatic carbocycles. The fourth-order valence-corrected chi connectivity index (χ4v) is 2.86. The van der Waals surface area contributed by atoms with Gasteiger partial charge in [0.1, 0.15) is 0 Å². The third-order valence-electron chi connectivity index (χ3n) is 4.10. The van der Waals surface area contributed by atoms with E-state index in [9.17, 15) is 4.79 Å². The standard InChI is InChI=1S/C16H25N3O/c17-9-2-1-4-13-7-10-19(11-8-13)16(20)14-5-3-6-15(18)12-14/h3,5-6,12-13H,1-2,4,7-11,17-18H2. The second kappa shape index (κ2) is 7.29. The summed E-state index contributed by atoms with van der Waals surface area (Å²) < 4.78 is 0. The van der Waals surface area contributed by atoms with E-state index in [-0.39, 0.29) is 5.91 Å². The molecule has 1 fully saturated rings. The molecule has 110 valence electrons. The smallest absolute Gasteiger partial charge is 0.253 e. The minimum Gasteiger partial charge on any atom is -0.399 e. The third-order valence-corrected chi connectivity index (χ3v) is 4.10.